The highest BCUT2D eigenvalue weighted by Crippen LogP contribution is 2.32. The molecule has 2 aromatic carbocycles. The normalized spacial score (nSPS) is 18.6. The van der Waals surface area contributed by atoms with Gasteiger partial charge in [0.2, 0.25) is 0 Å². The number of aromatic amines is 1. The van der Waals surface area contributed by atoms with Crippen molar-refractivity contribution in [1.29, 1.82) is 5.41 Å². The molecule has 37 heavy (non-hydrogen) atoms. The molecule has 3 N–H and O–H groups in total. The van der Waals surface area contributed by atoms with E-state index < -0.39 is 11.7 Å². The Balaban J connectivity index is 1.18. The second-order valence-corrected chi connectivity index (χ2v) is 9.37. The van der Waals surface area contributed by atoms with Crippen LogP contribution in [0.2, 0.25) is 0 Å². The van der Waals surface area contributed by atoms with Crippen molar-refractivity contribution in [2.45, 2.75) is 26.1 Å². The standard InChI is InChI=1S/C25H25F3N8O/c1-14-5-18(25(26,27)28)8-19(6-14)31-15(2)30-9-17-10-35(13-21(17)29)20-11-36(12-20)24(37)16-3-4-22-23(7-16)33-34-32-22/h3-9,20,29H,10-13H2,1-2H3,(H,30,31)(H,32,33,34)/b17-9-,29-21?. The molecule has 0 bridgehead atoms. The van der Waals surface area contributed by atoms with Gasteiger partial charge in [0.15, 0.2) is 0 Å². The number of likely N-dealkylation sites (tertiary alicyclic amines) is 2. The number of alkyl halides is 3. The molecule has 2 aliphatic rings. The van der Waals surface area contributed by atoms with Gasteiger partial charge in [-0.25, -0.2) is 4.99 Å². The van der Waals surface area contributed by atoms with Gasteiger partial charge >= 0.3 is 6.18 Å². The zero-order valence-corrected chi connectivity index (χ0v) is 20.2. The lowest BCUT2D eigenvalue weighted by Gasteiger charge is -2.43. The van der Waals surface area contributed by atoms with Gasteiger partial charge in [0.1, 0.15) is 11.4 Å². The van der Waals surface area contributed by atoms with Gasteiger partial charge in [0, 0.05) is 55.2 Å². The number of H-pyrrole nitrogens is 1. The molecule has 2 saturated heterocycles. The summed E-state index contributed by atoms with van der Waals surface area (Å²) in [5.41, 5.74) is 3.23. The maximum atomic E-state index is 13.1. The van der Waals surface area contributed by atoms with Gasteiger partial charge in [-0.3, -0.25) is 14.8 Å². The summed E-state index contributed by atoms with van der Waals surface area (Å²) in [6.07, 6.45) is -2.84. The summed E-state index contributed by atoms with van der Waals surface area (Å²) in [6, 6.07) is 9.14. The molecule has 0 saturated carbocycles. The van der Waals surface area contributed by atoms with Crippen LogP contribution in [0, 0.1) is 12.3 Å². The van der Waals surface area contributed by atoms with Crippen molar-refractivity contribution in [3.8, 4) is 0 Å². The van der Waals surface area contributed by atoms with Crippen LogP contribution in [0.5, 0.6) is 0 Å². The minimum Gasteiger partial charge on any atom is -0.344 e. The molecule has 12 heteroatoms. The third kappa shape index (κ3) is 5.24. The smallest absolute Gasteiger partial charge is 0.344 e. The minimum absolute atomic E-state index is 0.0612. The van der Waals surface area contributed by atoms with Crippen LogP contribution < -0.4 is 5.32 Å². The lowest BCUT2D eigenvalue weighted by Crippen LogP contribution is -2.60. The molecule has 0 radical (unpaired) electrons. The molecule has 192 valence electrons. The predicted octanol–water partition coefficient (Wildman–Crippen LogP) is 3.86. The molecular formula is C25H25F3N8O. The maximum absolute atomic E-state index is 13.1. The molecule has 3 aromatic rings. The summed E-state index contributed by atoms with van der Waals surface area (Å²) in [7, 11) is 0. The summed E-state index contributed by atoms with van der Waals surface area (Å²) in [5.74, 6) is 0.358. The Morgan fingerprint density at radius 1 is 1.22 bits per heavy atom. The van der Waals surface area contributed by atoms with Crippen molar-refractivity contribution >= 4 is 34.2 Å². The molecule has 0 unspecified atom stereocenters. The van der Waals surface area contributed by atoms with Crippen molar-refractivity contribution in [3.05, 3.63) is 64.9 Å². The summed E-state index contributed by atoms with van der Waals surface area (Å²) < 4.78 is 39.3. The Bertz CT molecular complexity index is 1440. The fourth-order valence-corrected chi connectivity index (χ4v) is 4.50. The number of benzene rings is 2. The highest BCUT2D eigenvalue weighted by molar-refractivity contribution is 6.02. The molecule has 2 fully saturated rings. The molecule has 3 heterocycles. The van der Waals surface area contributed by atoms with Crippen LogP contribution >= 0.6 is 0 Å². The Hall–Kier alpha value is -4.06. The van der Waals surface area contributed by atoms with Crippen LogP contribution in [-0.4, -0.2) is 74.9 Å². The third-order valence-corrected chi connectivity index (χ3v) is 6.50. The number of carbonyl (C=O) groups excluding carboxylic acids is 1. The van der Waals surface area contributed by atoms with Gasteiger partial charge in [0.25, 0.3) is 5.91 Å². The third-order valence-electron chi connectivity index (χ3n) is 6.50. The van der Waals surface area contributed by atoms with E-state index in [0.717, 1.165) is 17.7 Å². The van der Waals surface area contributed by atoms with Crippen LogP contribution in [0.25, 0.3) is 11.0 Å². The zero-order chi connectivity index (χ0) is 26.3. The number of anilines is 1. The zero-order valence-electron chi connectivity index (χ0n) is 20.2. The molecule has 0 spiro atoms. The summed E-state index contributed by atoms with van der Waals surface area (Å²) in [6.45, 7) is 5.38. The molecule has 0 aliphatic carbocycles. The van der Waals surface area contributed by atoms with Crippen LogP contribution in [0.1, 0.15) is 28.4 Å². The van der Waals surface area contributed by atoms with Crippen molar-refractivity contribution in [3.63, 3.8) is 0 Å². The number of hydrogen-bond acceptors (Lipinski definition) is 6. The fraction of sp³-hybridized carbons (Fsp3) is 0.320. The van der Waals surface area contributed by atoms with Gasteiger partial charge in [-0.15, -0.1) is 5.10 Å². The van der Waals surface area contributed by atoms with Gasteiger partial charge < -0.3 is 15.6 Å². The number of carbonyl (C=O) groups is 1. The van der Waals surface area contributed by atoms with Crippen LogP contribution in [0.15, 0.2) is 53.2 Å². The lowest BCUT2D eigenvalue weighted by molar-refractivity contribution is -0.137. The first-order chi connectivity index (χ1) is 17.6. The van der Waals surface area contributed by atoms with E-state index in [1.165, 1.54) is 0 Å². The van der Waals surface area contributed by atoms with E-state index in [1.54, 1.807) is 49.2 Å². The van der Waals surface area contributed by atoms with Gasteiger partial charge in [0.05, 0.1) is 16.8 Å². The van der Waals surface area contributed by atoms with Crippen molar-refractivity contribution in [1.82, 2.24) is 25.2 Å². The number of aromatic nitrogens is 3. The van der Waals surface area contributed by atoms with E-state index >= 15 is 0 Å². The predicted molar refractivity (Wildman–Crippen MR) is 134 cm³/mol. The molecule has 2 aliphatic heterocycles. The fourth-order valence-electron chi connectivity index (χ4n) is 4.50. The monoisotopic (exact) mass is 510 g/mol. The van der Waals surface area contributed by atoms with E-state index in [1.807, 2.05) is 0 Å². The Morgan fingerprint density at radius 3 is 2.76 bits per heavy atom. The number of amides is 1. The first-order valence-corrected chi connectivity index (χ1v) is 11.7. The average molecular weight is 511 g/mol. The maximum Gasteiger partial charge on any atom is 0.416 e. The number of nitrogens with one attached hydrogen (secondary N) is 3. The molecule has 1 amide bonds. The van der Waals surface area contributed by atoms with Gasteiger partial charge in [-0.05, 0) is 55.8 Å². The molecule has 9 nitrogen and oxygen atoms in total. The van der Waals surface area contributed by atoms with Crippen molar-refractivity contribution in [2.75, 3.05) is 31.5 Å². The number of nitrogens with zero attached hydrogens (tertiary/aromatic N) is 5. The highest BCUT2D eigenvalue weighted by Gasteiger charge is 2.38. The number of fused-ring (bicyclic) bond motifs is 1. The van der Waals surface area contributed by atoms with E-state index in [-0.39, 0.29) is 11.9 Å². The van der Waals surface area contributed by atoms with E-state index in [2.05, 4.69) is 30.6 Å². The van der Waals surface area contributed by atoms with Crippen molar-refractivity contribution < 1.29 is 18.0 Å². The first-order valence-electron chi connectivity index (χ1n) is 11.7. The highest BCUT2D eigenvalue weighted by atomic mass is 19.4. The Kier molecular flexibility index (Phi) is 6.28. The number of aryl methyl sites for hydroxylation is 1. The van der Waals surface area contributed by atoms with Crippen LogP contribution in [-0.2, 0) is 6.18 Å². The second-order valence-electron chi connectivity index (χ2n) is 9.37. The van der Waals surface area contributed by atoms with E-state index in [4.69, 9.17) is 5.41 Å². The van der Waals surface area contributed by atoms with Crippen molar-refractivity contribution in [2.24, 2.45) is 4.99 Å². The number of hydrogen-bond donors (Lipinski definition) is 3. The topological polar surface area (TPSA) is 113 Å². The number of rotatable bonds is 4. The SMILES string of the molecule is C/C(=N\C=C1\CN(C2CN(C(=O)c3ccc4nn[nH]c4c3)C2)CC1=N)Nc1cc(C)cc(C(F)(F)F)c1. The lowest BCUT2D eigenvalue weighted by atomic mass is 10.0. The molecule has 5 rings (SSSR count). The quantitative estimate of drug-likeness (QED) is 0.365. The minimum atomic E-state index is -4.43. The van der Waals surface area contributed by atoms with Gasteiger partial charge in [-0.1, -0.05) is 5.21 Å². The first kappa shape index (κ1) is 24.6. The number of aliphatic imine (C=N–C) groups is 1. The van der Waals surface area contributed by atoms with Crippen LogP contribution in [0.3, 0.4) is 0 Å². The molecule has 1 aromatic heterocycles. The number of halogens is 3. The summed E-state index contributed by atoms with van der Waals surface area (Å²) in [4.78, 5) is 21.1. The Morgan fingerprint density at radius 2 is 2.00 bits per heavy atom. The second kappa shape index (κ2) is 9.43. The van der Waals surface area contributed by atoms with Crippen LogP contribution in [0.4, 0.5) is 18.9 Å². The molecular weight excluding hydrogens is 485 g/mol. The average Bonchev–Trinajstić information content (AvgIpc) is 3.41. The number of amidine groups is 1. The summed E-state index contributed by atoms with van der Waals surface area (Å²) >= 11 is 0. The largest absolute Gasteiger partial charge is 0.416 e. The van der Waals surface area contributed by atoms with Gasteiger partial charge in [-0.2, -0.15) is 13.2 Å². The Labute approximate surface area is 210 Å². The van der Waals surface area contributed by atoms with E-state index in [0.29, 0.717) is 65.6 Å². The molecule has 0 atom stereocenters. The summed E-state index contributed by atoms with van der Waals surface area (Å²) in [5, 5.41) is 21.7. The van der Waals surface area contributed by atoms with E-state index in [9.17, 15) is 18.0 Å².